The highest BCUT2D eigenvalue weighted by molar-refractivity contribution is 7.85. The lowest BCUT2D eigenvalue weighted by Gasteiger charge is -2.08. The van der Waals surface area contributed by atoms with Gasteiger partial charge >= 0.3 is 0 Å². The van der Waals surface area contributed by atoms with E-state index >= 15 is 0 Å². The molecular formula is C11H18O4S. The zero-order valence-corrected chi connectivity index (χ0v) is 10.5. The molecule has 1 aromatic rings. The Bertz CT molecular complexity index is 380. The first-order valence-electron chi connectivity index (χ1n) is 5.34. The minimum atomic E-state index is -3.29. The second kappa shape index (κ2) is 6.06. The van der Waals surface area contributed by atoms with Crippen LogP contribution in [0.25, 0.3) is 0 Å². The van der Waals surface area contributed by atoms with Gasteiger partial charge in [0.25, 0.3) is 10.1 Å². The van der Waals surface area contributed by atoms with Crippen LogP contribution >= 0.6 is 0 Å². The molecule has 0 saturated carbocycles. The molecular weight excluding hydrogens is 228 g/mol. The molecule has 0 aliphatic heterocycles. The molecule has 0 aliphatic rings. The molecule has 0 amide bonds. The first-order chi connectivity index (χ1) is 7.47. The quantitative estimate of drug-likeness (QED) is 0.547. The zero-order valence-electron chi connectivity index (χ0n) is 9.68. The third-order valence-corrected chi connectivity index (χ3v) is 2.86. The second-order valence-corrected chi connectivity index (χ2v) is 5.70. The summed E-state index contributed by atoms with van der Waals surface area (Å²) >= 11 is 0. The average Bonchev–Trinajstić information content (AvgIpc) is 2.63. The number of rotatable bonds is 7. The van der Waals surface area contributed by atoms with Crippen molar-refractivity contribution in [3.63, 3.8) is 0 Å². The van der Waals surface area contributed by atoms with Crippen LogP contribution < -0.4 is 0 Å². The molecule has 0 spiro atoms. The second-order valence-electron chi connectivity index (χ2n) is 4.06. The summed E-state index contributed by atoms with van der Waals surface area (Å²) in [6.45, 7) is 2.38. The predicted octanol–water partition coefficient (Wildman–Crippen LogP) is 2.21. The lowest BCUT2D eigenvalue weighted by molar-refractivity contribution is 0.297. The van der Waals surface area contributed by atoms with E-state index in [2.05, 4.69) is 11.1 Å². The van der Waals surface area contributed by atoms with Gasteiger partial charge in [0.1, 0.15) is 5.76 Å². The van der Waals surface area contributed by atoms with E-state index in [-0.39, 0.29) is 6.61 Å². The molecule has 1 heterocycles. The van der Waals surface area contributed by atoms with Crippen molar-refractivity contribution in [3.8, 4) is 0 Å². The molecule has 1 aromatic heterocycles. The van der Waals surface area contributed by atoms with Gasteiger partial charge in [-0.2, -0.15) is 8.42 Å². The molecule has 0 aromatic carbocycles. The van der Waals surface area contributed by atoms with Gasteiger partial charge in [-0.15, -0.1) is 0 Å². The topological polar surface area (TPSA) is 56.5 Å². The summed E-state index contributed by atoms with van der Waals surface area (Å²) in [6, 6.07) is 3.82. The van der Waals surface area contributed by atoms with E-state index in [1.165, 1.54) is 0 Å². The van der Waals surface area contributed by atoms with Crippen LogP contribution in [0, 0.1) is 5.92 Å². The van der Waals surface area contributed by atoms with Gasteiger partial charge < -0.3 is 4.42 Å². The fourth-order valence-corrected chi connectivity index (χ4v) is 1.94. The van der Waals surface area contributed by atoms with Crippen molar-refractivity contribution in [2.45, 2.75) is 26.2 Å². The first kappa shape index (κ1) is 13.3. The van der Waals surface area contributed by atoms with E-state index in [1.54, 1.807) is 6.26 Å². The summed E-state index contributed by atoms with van der Waals surface area (Å²) in [7, 11) is -3.29. The molecule has 5 heteroatoms. The Balaban J connectivity index is 2.14. The normalized spacial score (nSPS) is 13.9. The molecule has 1 rings (SSSR count). The van der Waals surface area contributed by atoms with Crippen LogP contribution in [-0.4, -0.2) is 21.3 Å². The highest BCUT2D eigenvalue weighted by atomic mass is 32.2. The van der Waals surface area contributed by atoms with E-state index in [0.717, 1.165) is 31.3 Å². The standard InChI is InChI=1S/C11H18O4S/c1-10(9-11-6-4-7-14-11)5-3-8-15-16(2,12)13/h4,6-7,10H,3,5,8-9H2,1-2H3. The largest absolute Gasteiger partial charge is 0.469 e. The van der Waals surface area contributed by atoms with Crippen molar-refractivity contribution in [1.82, 2.24) is 0 Å². The van der Waals surface area contributed by atoms with Crippen LogP contribution in [0.3, 0.4) is 0 Å². The molecule has 0 radical (unpaired) electrons. The van der Waals surface area contributed by atoms with E-state index in [0.29, 0.717) is 5.92 Å². The van der Waals surface area contributed by atoms with Crippen molar-refractivity contribution >= 4 is 10.1 Å². The first-order valence-corrected chi connectivity index (χ1v) is 7.16. The van der Waals surface area contributed by atoms with Gasteiger partial charge in [-0.25, -0.2) is 0 Å². The van der Waals surface area contributed by atoms with Gasteiger partial charge in [0.15, 0.2) is 0 Å². The van der Waals surface area contributed by atoms with Gasteiger partial charge in [0.05, 0.1) is 19.1 Å². The maximum atomic E-state index is 10.7. The molecule has 0 N–H and O–H groups in total. The molecule has 1 atom stereocenters. The minimum Gasteiger partial charge on any atom is -0.469 e. The van der Waals surface area contributed by atoms with Crippen LogP contribution in [-0.2, 0) is 20.7 Å². The Hall–Kier alpha value is -0.810. The summed E-state index contributed by atoms with van der Waals surface area (Å²) in [5.74, 6) is 1.44. The lowest BCUT2D eigenvalue weighted by Crippen LogP contribution is -2.06. The van der Waals surface area contributed by atoms with Gasteiger partial charge in [-0.3, -0.25) is 4.18 Å². The number of furan rings is 1. The SMILES string of the molecule is CC(CCCOS(C)(=O)=O)Cc1ccco1. The summed E-state index contributed by atoms with van der Waals surface area (Å²) in [6.07, 6.45) is 5.28. The Morgan fingerprint density at radius 1 is 1.50 bits per heavy atom. The van der Waals surface area contributed by atoms with Gasteiger partial charge in [-0.05, 0) is 30.9 Å². The Morgan fingerprint density at radius 3 is 2.81 bits per heavy atom. The molecule has 4 nitrogen and oxygen atoms in total. The Labute approximate surface area is 96.7 Å². The van der Waals surface area contributed by atoms with Crippen molar-refractivity contribution < 1.29 is 17.0 Å². The van der Waals surface area contributed by atoms with Crippen molar-refractivity contribution in [1.29, 1.82) is 0 Å². The average molecular weight is 246 g/mol. The molecule has 0 bridgehead atoms. The highest BCUT2D eigenvalue weighted by Crippen LogP contribution is 2.14. The van der Waals surface area contributed by atoms with E-state index in [9.17, 15) is 8.42 Å². The van der Waals surface area contributed by atoms with Crippen molar-refractivity contribution in [2.75, 3.05) is 12.9 Å². The van der Waals surface area contributed by atoms with Crippen LogP contribution in [0.4, 0.5) is 0 Å². The van der Waals surface area contributed by atoms with E-state index in [4.69, 9.17) is 4.42 Å². The summed E-state index contributed by atoms with van der Waals surface area (Å²) in [5, 5.41) is 0. The molecule has 16 heavy (non-hydrogen) atoms. The van der Waals surface area contributed by atoms with Crippen LogP contribution in [0.5, 0.6) is 0 Å². The van der Waals surface area contributed by atoms with Crippen molar-refractivity contribution in [2.24, 2.45) is 5.92 Å². The summed E-state index contributed by atoms with van der Waals surface area (Å²) in [5.41, 5.74) is 0. The van der Waals surface area contributed by atoms with Crippen molar-refractivity contribution in [3.05, 3.63) is 24.2 Å². The smallest absolute Gasteiger partial charge is 0.264 e. The third kappa shape index (κ3) is 5.92. The zero-order chi connectivity index (χ0) is 12.0. The predicted molar refractivity (Wildman–Crippen MR) is 61.6 cm³/mol. The number of hydrogen-bond donors (Lipinski definition) is 0. The highest BCUT2D eigenvalue weighted by Gasteiger charge is 2.07. The van der Waals surface area contributed by atoms with E-state index in [1.807, 2.05) is 12.1 Å². The third-order valence-electron chi connectivity index (χ3n) is 2.27. The Morgan fingerprint density at radius 2 is 2.25 bits per heavy atom. The minimum absolute atomic E-state index is 0.265. The van der Waals surface area contributed by atoms with Gasteiger partial charge in [0.2, 0.25) is 0 Å². The summed E-state index contributed by atoms with van der Waals surface area (Å²) < 4.78 is 31.3. The summed E-state index contributed by atoms with van der Waals surface area (Å²) in [4.78, 5) is 0. The van der Waals surface area contributed by atoms with Crippen LogP contribution in [0.2, 0.25) is 0 Å². The lowest BCUT2D eigenvalue weighted by atomic mass is 10.0. The molecule has 0 saturated heterocycles. The maximum absolute atomic E-state index is 10.7. The number of hydrogen-bond acceptors (Lipinski definition) is 4. The van der Waals surface area contributed by atoms with Crippen LogP contribution in [0.1, 0.15) is 25.5 Å². The molecule has 1 unspecified atom stereocenters. The van der Waals surface area contributed by atoms with E-state index < -0.39 is 10.1 Å². The molecule has 92 valence electrons. The molecule has 0 fully saturated rings. The fourth-order valence-electron chi connectivity index (χ4n) is 1.52. The maximum Gasteiger partial charge on any atom is 0.264 e. The van der Waals surface area contributed by atoms with Gasteiger partial charge in [-0.1, -0.05) is 6.92 Å². The monoisotopic (exact) mass is 246 g/mol. The fraction of sp³-hybridized carbons (Fsp3) is 0.636. The molecule has 0 aliphatic carbocycles. The van der Waals surface area contributed by atoms with Crippen LogP contribution in [0.15, 0.2) is 22.8 Å². The van der Waals surface area contributed by atoms with Gasteiger partial charge in [0, 0.05) is 6.42 Å². The Kier molecular flexibility index (Phi) is 5.02.